The van der Waals surface area contributed by atoms with Crippen molar-refractivity contribution in [3.05, 3.63) is 77.8 Å². The lowest BCUT2D eigenvalue weighted by molar-refractivity contribution is -0.141. The fourth-order valence-corrected chi connectivity index (χ4v) is 4.71. The first-order chi connectivity index (χ1) is 18.1. The Morgan fingerprint density at radius 3 is 2.45 bits per heavy atom. The SMILES string of the molecule is Cc1cnn(C(C)C)c1-c1ncc2c(n1)n(Cc1ccc(-n3nc(C(F)(F)F)cc3C)cc1)c1cncn21. The Morgan fingerprint density at radius 1 is 1.00 bits per heavy atom. The average molecular weight is 520 g/mol. The Morgan fingerprint density at radius 2 is 1.76 bits per heavy atom. The highest BCUT2D eigenvalue weighted by Crippen LogP contribution is 2.30. The second-order valence-electron chi connectivity index (χ2n) is 9.57. The minimum atomic E-state index is -4.49. The van der Waals surface area contributed by atoms with Crippen molar-refractivity contribution in [1.29, 1.82) is 0 Å². The van der Waals surface area contributed by atoms with Crippen molar-refractivity contribution in [1.82, 2.24) is 43.5 Å². The number of rotatable bonds is 5. The zero-order valence-corrected chi connectivity index (χ0v) is 21.1. The molecule has 0 N–H and O–H groups in total. The maximum atomic E-state index is 13.1. The first-order valence-corrected chi connectivity index (χ1v) is 12.1. The largest absolute Gasteiger partial charge is 0.435 e. The summed E-state index contributed by atoms with van der Waals surface area (Å²) >= 11 is 0. The fraction of sp³-hybridized carbons (Fsp3) is 0.269. The molecule has 0 aliphatic carbocycles. The van der Waals surface area contributed by atoms with Gasteiger partial charge in [0.15, 0.2) is 17.2 Å². The van der Waals surface area contributed by atoms with Crippen molar-refractivity contribution in [2.75, 3.05) is 0 Å². The topological polar surface area (TPSA) is 83.6 Å². The van der Waals surface area contributed by atoms with Gasteiger partial charge in [-0.05, 0) is 57.0 Å². The number of hydrogen-bond acceptors (Lipinski definition) is 5. The molecular formula is C26H24F3N9. The Labute approximate surface area is 215 Å². The fourth-order valence-electron chi connectivity index (χ4n) is 4.71. The van der Waals surface area contributed by atoms with Crippen LogP contribution in [-0.2, 0) is 12.7 Å². The van der Waals surface area contributed by atoms with Crippen LogP contribution < -0.4 is 0 Å². The third-order valence-corrected chi connectivity index (χ3v) is 6.54. The van der Waals surface area contributed by atoms with E-state index in [-0.39, 0.29) is 6.04 Å². The van der Waals surface area contributed by atoms with Crippen molar-refractivity contribution >= 4 is 16.8 Å². The van der Waals surface area contributed by atoms with Crippen molar-refractivity contribution in [2.24, 2.45) is 0 Å². The highest BCUT2D eigenvalue weighted by molar-refractivity contribution is 5.79. The number of alkyl halides is 3. The number of hydrogen-bond donors (Lipinski definition) is 0. The van der Waals surface area contributed by atoms with Gasteiger partial charge in [0, 0.05) is 11.7 Å². The summed E-state index contributed by atoms with van der Waals surface area (Å²) in [5.74, 6) is 0.584. The van der Waals surface area contributed by atoms with Gasteiger partial charge in [0.05, 0.1) is 30.8 Å². The highest BCUT2D eigenvalue weighted by Gasteiger charge is 2.34. The molecule has 0 radical (unpaired) electrons. The van der Waals surface area contributed by atoms with Gasteiger partial charge >= 0.3 is 6.18 Å². The lowest BCUT2D eigenvalue weighted by Gasteiger charge is -2.11. The van der Waals surface area contributed by atoms with Crippen molar-refractivity contribution in [2.45, 2.75) is 46.5 Å². The average Bonchev–Trinajstić information content (AvgIpc) is 3.64. The van der Waals surface area contributed by atoms with E-state index in [1.54, 1.807) is 37.8 Å². The third-order valence-electron chi connectivity index (χ3n) is 6.54. The van der Waals surface area contributed by atoms with Crippen molar-refractivity contribution in [3.63, 3.8) is 0 Å². The zero-order chi connectivity index (χ0) is 26.8. The van der Waals surface area contributed by atoms with E-state index in [1.807, 2.05) is 34.3 Å². The summed E-state index contributed by atoms with van der Waals surface area (Å²) in [5, 5.41) is 8.24. The van der Waals surface area contributed by atoms with Crippen LogP contribution in [0.15, 0.2) is 55.2 Å². The van der Waals surface area contributed by atoms with Crippen LogP contribution in [0.2, 0.25) is 0 Å². The van der Waals surface area contributed by atoms with Crippen molar-refractivity contribution in [3.8, 4) is 17.2 Å². The van der Waals surface area contributed by atoms with Gasteiger partial charge in [-0.2, -0.15) is 23.4 Å². The molecule has 0 saturated heterocycles. The monoisotopic (exact) mass is 519 g/mol. The molecule has 0 amide bonds. The van der Waals surface area contributed by atoms with E-state index in [0.29, 0.717) is 23.8 Å². The number of aryl methyl sites for hydroxylation is 2. The summed E-state index contributed by atoms with van der Waals surface area (Å²) in [6, 6.07) is 8.47. The van der Waals surface area contributed by atoms with E-state index in [1.165, 1.54) is 4.68 Å². The Hall–Kier alpha value is -4.48. The molecule has 9 nitrogen and oxygen atoms in total. The molecule has 0 unspecified atom stereocenters. The molecular weight excluding hydrogens is 495 g/mol. The Kier molecular flexibility index (Phi) is 5.37. The third kappa shape index (κ3) is 3.83. The molecule has 0 aliphatic heterocycles. The lowest BCUT2D eigenvalue weighted by Crippen LogP contribution is -2.08. The summed E-state index contributed by atoms with van der Waals surface area (Å²) < 4.78 is 46.5. The standard InChI is InChI=1S/C26H24F3N9/c1-15(2)37-23(16(3)10-32-37)24-31-11-20-25(33-24)35(22-12-30-14-36(20)22)13-18-5-7-19(8-6-18)38-17(4)9-21(34-38)26(27,28)29/h5-12,14-15H,13H2,1-4H3. The van der Waals surface area contributed by atoms with E-state index in [0.717, 1.165) is 39.7 Å². The number of halogens is 3. The van der Waals surface area contributed by atoms with Gasteiger partial charge in [0.25, 0.3) is 0 Å². The summed E-state index contributed by atoms with van der Waals surface area (Å²) in [7, 11) is 0. The van der Waals surface area contributed by atoms with E-state index < -0.39 is 11.9 Å². The Balaban J connectivity index is 1.40. The molecule has 0 atom stereocenters. The van der Waals surface area contributed by atoms with Crippen LogP contribution in [0.1, 0.15) is 42.4 Å². The van der Waals surface area contributed by atoms with Crippen LogP contribution in [0.25, 0.3) is 34.0 Å². The van der Waals surface area contributed by atoms with E-state index >= 15 is 0 Å². The predicted octanol–water partition coefficient (Wildman–Crippen LogP) is 5.39. The lowest BCUT2D eigenvalue weighted by atomic mass is 10.2. The summed E-state index contributed by atoms with van der Waals surface area (Å²) in [6.45, 7) is 8.19. The van der Waals surface area contributed by atoms with E-state index in [4.69, 9.17) is 4.98 Å². The highest BCUT2D eigenvalue weighted by atomic mass is 19.4. The van der Waals surface area contributed by atoms with E-state index in [9.17, 15) is 13.2 Å². The molecule has 0 fully saturated rings. The molecule has 0 aliphatic rings. The first kappa shape index (κ1) is 23.9. The summed E-state index contributed by atoms with van der Waals surface area (Å²) in [5.41, 5.74) is 5.25. The molecule has 1 aromatic carbocycles. The van der Waals surface area contributed by atoms with Crippen LogP contribution >= 0.6 is 0 Å². The minimum Gasteiger partial charge on any atom is -0.304 e. The van der Waals surface area contributed by atoms with Gasteiger partial charge in [-0.1, -0.05) is 12.1 Å². The van der Waals surface area contributed by atoms with Gasteiger partial charge in [0.1, 0.15) is 23.2 Å². The smallest absolute Gasteiger partial charge is 0.304 e. The normalized spacial score (nSPS) is 12.4. The second kappa shape index (κ2) is 8.54. The molecule has 5 aromatic heterocycles. The molecule has 6 aromatic rings. The maximum absolute atomic E-state index is 13.1. The Bertz CT molecular complexity index is 1780. The number of imidazole rings is 2. The van der Waals surface area contributed by atoms with Crippen LogP contribution in [0.5, 0.6) is 0 Å². The molecule has 5 heterocycles. The second-order valence-corrected chi connectivity index (χ2v) is 9.57. The number of aromatic nitrogens is 9. The predicted molar refractivity (Wildman–Crippen MR) is 135 cm³/mol. The number of fused-ring (bicyclic) bond motifs is 3. The molecule has 12 heteroatoms. The molecule has 6 rings (SSSR count). The molecule has 0 spiro atoms. The molecule has 0 bridgehead atoms. The van der Waals surface area contributed by atoms with Crippen LogP contribution in [0, 0.1) is 13.8 Å². The quantitative estimate of drug-likeness (QED) is 0.305. The molecule has 0 saturated carbocycles. The van der Waals surface area contributed by atoms with Crippen LogP contribution in [0.3, 0.4) is 0 Å². The van der Waals surface area contributed by atoms with Crippen molar-refractivity contribution < 1.29 is 13.2 Å². The van der Waals surface area contributed by atoms with Crippen LogP contribution in [-0.4, -0.2) is 43.5 Å². The van der Waals surface area contributed by atoms with Gasteiger partial charge in [-0.15, -0.1) is 0 Å². The first-order valence-electron chi connectivity index (χ1n) is 12.1. The molecule has 194 valence electrons. The molecule has 38 heavy (non-hydrogen) atoms. The van der Waals surface area contributed by atoms with Gasteiger partial charge in [-0.25, -0.2) is 19.6 Å². The van der Waals surface area contributed by atoms with Gasteiger partial charge in [0.2, 0.25) is 0 Å². The maximum Gasteiger partial charge on any atom is 0.435 e. The van der Waals surface area contributed by atoms with Crippen LogP contribution in [0.4, 0.5) is 13.2 Å². The number of nitrogens with zero attached hydrogens (tertiary/aromatic N) is 9. The van der Waals surface area contributed by atoms with Gasteiger partial charge in [-0.3, -0.25) is 9.08 Å². The summed E-state index contributed by atoms with van der Waals surface area (Å²) in [6.07, 6.45) is 2.61. The number of benzene rings is 1. The van der Waals surface area contributed by atoms with E-state index in [2.05, 4.69) is 38.6 Å². The summed E-state index contributed by atoms with van der Waals surface area (Å²) in [4.78, 5) is 13.9. The minimum absolute atomic E-state index is 0.147. The van der Waals surface area contributed by atoms with Gasteiger partial charge < -0.3 is 4.57 Å². The zero-order valence-electron chi connectivity index (χ0n) is 21.1.